The highest BCUT2D eigenvalue weighted by Crippen LogP contribution is 2.30. The highest BCUT2D eigenvalue weighted by molar-refractivity contribution is 7.09. The van der Waals surface area contributed by atoms with E-state index < -0.39 is 0 Å². The van der Waals surface area contributed by atoms with Gasteiger partial charge in [-0.3, -0.25) is 4.90 Å². The average molecular weight is 252 g/mol. The molecule has 2 unspecified atom stereocenters. The van der Waals surface area contributed by atoms with Gasteiger partial charge in [0, 0.05) is 36.6 Å². The van der Waals surface area contributed by atoms with Crippen LogP contribution in [0.3, 0.4) is 0 Å². The normalized spacial score (nSPS) is 28.5. The van der Waals surface area contributed by atoms with Crippen molar-refractivity contribution >= 4 is 16.7 Å². The summed E-state index contributed by atoms with van der Waals surface area (Å²) in [5.41, 5.74) is 0. The lowest BCUT2D eigenvalue weighted by atomic mass is 10.1. The molecule has 17 heavy (non-hydrogen) atoms. The van der Waals surface area contributed by atoms with Crippen molar-refractivity contribution < 1.29 is 0 Å². The molecule has 4 nitrogen and oxygen atoms in total. The number of hydrogen-bond donors (Lipinski definition) is 1. The summed E-state index contributed by atoms with van der Waals surface area (Å²) in [6, 6.07) is 1.34. The van der Waals surface area contributed by atoms with Gasteiger partial charge in [-0.05, 0) is 32.2 Å². The molecule has 2 aliphatic heterocycles. The van der Waals surface area contributed by atoms with E-state index in [9.17, 15) is 0 Å². The molecule has 1 aromatic heterocycles. The number of aryl methyl sites for hydroxylation is 1. The molecule has 3 rings (SSSR count). The third kappa shape index (κ3) is 2.31. The smallest absolute Gasteiger partial charge is 0.202 e. The monoisotopic (exact) mass is 252 g/mol. The number of nitrogens with one attached hydrogen (secondary N) is 1. The molecule has 1 N–H and O–H groups in total. The van der Waals surface area contributed by atoms with Crippen LogP contribution in [0.4, 0.5) is 5.13 Å². The number of fused-ring (bicyclic) bond motifs is 1. The third-order valence-corrected chi connectivity index (χ3v) is 4.54. The van der Waals surface area contributed by atoms with Crippen molar-refractivity contribution in [2.24, 2.45) is 0 Å². The fourth-order valence-corrected chi connectivity index (χ4v) is 3.72. The third-order valence-electron chi connectivity index (χ3n) is 3.86. The Balaban J connectivity index is 1.62. The zero-order valence-electron chi connectivity index (χ0n) is 10.4. The van der Waals surface area contributed by atoms with Gasteiger partial charge in [-0.2, -0.15) is 4.37 Å². The van der Waals surface area contributed by atoms with Crippen LogP contribution in [0.15, 0.2) is 0 Å². The van der Waals surface area contributed by atoms with Gasteiger partial charge in [0.05, 0.1) is 0 Å². The highest BCUT2D eigenvalue weighted by atomic mass is 32.1. The maximum Gasteiger partial charge on any atom is 0.202 e. The molecular formula is C12H20N4S. The molecule has 2 saturated heterocycles. The summed E-state index contributed by atoms with van der Waals surface area (Å²) in [4.78, 5) is 7.17. The van der Waals surface area contributed by atoms with E-state index in [-0.39, 0.29) is 0 Å². The molecular weight excluding hydrogens is 232 g/mol. The van der Waals surface area contributed by atoms with Gasteiger partial charge in [-0.25, -0.2) is 4.98 Å². The van der Waals surface area contributed by atoms with Crippen LogP contribution < -0.4 is 5.32 Å². The van der Waals surface area contributed by atoms with Gasteiger partial charge >= 0.3 is 0 Å². The van der Waals surface area contributed by atoms with E-state index in [0.717, 1.165) is 29.8 Å². The molecule has 0 aliphatic carbocycles. The van der Waals surface area contributed by atoms with E-state index in [4.69, 9.17) is 0 Å². The zero-order chi connectivity index (χ0) is 11.7. The Morgan fingerprint density at radius 1 is 1.41 bits per heavy atom. The van der Waals surface area contributed by atoms with Crippen molar-refractivity contribution in [3.63, 3.8) is 0 Å². The van der Waals surface area contributed by atoms with Crippen molar-refractivity contribution in [3.05, 3.63) is 5.82 Å². The first-order valence-corrected chi connectivity index (χ1v) is 7.47. The van der Waals surface area contributed by atoms with Crippen molar-refractivity contribution in [1.82, 2.24) is 14.3 Å². The molecule has 3 heterocycles. The molecule has 2 atom stereocenters. The van der Waals surface area contributed by atoms with E-state index >= 15 is 0 Å². The van der Waals surface area contributed by atoms with E-state index in [1.807, 2.05) is 0 Å². The zero-order valence-corrected chi connectivity index (χ0v) is 11.2. The lowest BCUT2D eigenvalue weighted by molar-refractivity contribution is 0.318. The van der Waals surface area contributed by atoms with Gasteiger partial charge in [0.15, 0.2) is 0 Å². The quantitative estimate of drug-likeness (QED) is 0.891. The molecule has 2 fully saturated rings. The van der Waals surface area contributed by atoms with Gasteiger partial charge in [0.1, 0.15) is 5.82 Å². The van der Waals surface area contributed by atoms with Crippen molar-refractivity contribution in [3.8, 4) is 0 Å². The summed E-state index contributed by atoms with van der Waals surface area (Å²) < 4.78 is 4.39. The van der Waals surface area contributed by atoms with E-state index in [1.165, 1.54) is 43.9 Å². The van der Waals surface area contributed by atoms with E-state index in [0.29, 0.717) is 6.04 Å². The van der Waals surface area contributed by atoms with Crippen molar-refractivity contribution in [2.45, 2.75) is 51.1 Å². The van der Waals surface area contributed by atoms with Crippen LogP contribution in [0.2, 0.25) is 0 Å². The van der Waals surface area contributed by atoms with Crippen molar-refractivity contribution in [2.75, 3.05) is 18.4 Å². The Hall–Kier alpha value is -0.680. The molecule has 0 amide bonds. The highest BCUT2D eigenvalue weighted by Gasteiger charge is 2.37. The second-order valence-electron chi connectivity index (χ2n) is 5.05. The first-order chi connectivity index (χ1) is 8.36. The lowest BCUT2D eigenvalue weighted by Gasteiger charge is -2.20. The van der Waals surface area contributed by atoms with E-state index in [1.54, 1.807) is 0 Å². The van der Waals surface area contributed by atoms with Gasteiger partial charge in [0.25, 0.3) is 0 Å². The molecule has 5 heteroatoms. The first-order valence-electron chi connectivity index (χ1n) is 6.70. The predicted octanol–water partition coefficient (Wildman–Crippen LogP) is 2.14. The van der Waals surface area contributed by atoms with Crippen molar-refractivity contribution in [1.29, 1.82) is 0 Å². The predicted molar refractivity (Wildman–Crippen MR) is 70.5 cm³/mol. The molecule has 1 aromatic rings. The molecule has 0 saturated carbocycles. The Morgan fingerprint density at radius 2 is 2.35 bits per heavy atom. The summed E-state index contributed by atoms with van der Waals surface area (Å²) >= 11 is 1.52. The summed E-state index contributed by atoms with van der Waals surface area (Å²) in [5.74, 6) is 1.00. The average Bonchev–Trinajstić information content (AvgIpc) is 2.98. The van der Waals surface area contributed by atoms with Crippen LogP contribution >= 0.6 is 11.5 Å². The lowest BCUT2D eigenvalue weighted by Crippen LogP contribution is -2.33. The maximum atomic E-state index is 4.56. The number of hydrogen-bond acceptors (Lipinski definition) is 5. The maximum absolute atomic E-state index is 4.56. The van der Waals surface area contributed by atoms with Gasteiger partial charge < -0.3 is 5.32 Å². The van der Waals surface area contributed by atoms with Crippen LogP contribution in [0.25, 0.3) is 0 Å². The topological polar surface area (TPSA) is 41.1 Å². The molecule has 0 spiro atoms. The van der Waals surface area contributed by atoms with Gasteiger partial charge in [-0.1, -0.05) is 6.92 Å². The van der Waals surface area contributed by atoms with Crippen LogP contribution in [0, 0.1) is 0 Å². The number of nitrogens with zero attached hydrogens (tertiary/aromatic N) is 3. The molecule has 2 aliphatic rings. The largest absolute Gasteiger partial charge is 0.356 e. The minimum absolute atomic E-state index is 0.597. The van der Waals surface area contributed by atoms with Crippen LogP contribution in [0.1, 0.15) is 38.4 Å². The molecule has 0 bridgehead atoms. The summed E-state index contributed by atoms with van der Waals surface area (Å²) in [5, 5.41) is 4.61. The fourth-order valence-electron chi connectivity index (χ4n) is 3.05. The summed E-state index contributed by atoms with van der Waals surface area (Å²) in [6.07, 6.45) is 6.08. The first kappa shape index (κ1) is 11.4. The molecule has 0 aromatic carbocycles. The van der Waals surface area contributed by atoms with Crippen LogP contribution in [0.5, 0.6) is 0 Å². The number of aromatic nitrogens is 2. The van der Waals surface area contributed by atoms with E-state index in [2.05, 4.69) is 26.5 Å². The Labute approximate surface area is 107 Å². The summed E-state index contributed by atoms with van der Waals surface area (Å²) in [7, 11) is 0. The number of anilines is 1. The number of rotatable bonds is 4. The summed E-state index contributed by atoms with van der Waals surface area (Å²) in [6.45, 7) is 4.71. The van der Waals surface area contributed by atoms with Gasteiger partial charge in [0.2, 0.25) is 5.13 Å². The van der Waals surface area contributed by atoms with Crippen LogP contribution in [-0.2, 0) is 6.42 Å². The standard InChI is InChI=1S/C12H20N4S/c1-2-4-11-14-12(17-15-11)13-9-6-8-16-7-3-5-10(9)16/h9-10H,2-8H2,1H3,(H,13,14,15). The molecule has 94 valence electrons. The SMILES string of the molecule is CCCc1nsc(NC2CCN3CCCC23)n1. The van der Waals surface area contributed by atoms with Gasteiger partial charge in [-0.15, -0.1) is 0 Å². The second-order valence-corrected chi connectivity index (χ2v) is 5.80. The fraction of sp³-hybridized carbons (Fsp3) is 0.833. The second kappa shape index (κ2) is 4.90. The minimum atomic E-state index is 0.597. The van der Waals surface area contributed by atoms with Crippen LogP contribution in [-0.4, -0.2) is 39.4 Å². The Kier molecular flexibility index (Phi) is 3.29. The Bertz CT molecular complexity index is 378. The Morgan fingerprint density at radius 3 is 3.24 bits per heavy atom. The molecule has 0 radical (unpaired) electrons. The minimum Gasteiger partial charge on any atom is -0.356 e.